The van der Waals surface area contributed by atoms with Crippen molar-refractivity contribution >= 4 is 34.1 Å². The number of aromatic nitrogens is 1. The summed E-state index contributed by atoms with van der Waals surface area (Å²) in [5.41, 5.74) is 1.99. The van der Waals surface area contributed by atoms with Crippen molar-refractivity contribution in [1.82, 2.24) is 10.3 Å². The van der Waals surface area contributed by atoms with E-state index >= 15 is 0 Å². The summed E-state index contributed by atoms with van der Waals surface area (Å²) in [5.74, 6) is 0.177. The Kier molecular flexibility index (Phi) is 5.35. The predicted octanol–water partition coefficient (Wildman–Crippen LogP) is 3.86. The Bertz CT molecular complexity index is 669. The number of thiazole rings is 1. The van der Waals surface area contributed by atoms with Gasteiger partial charge in [0.25, 0.3) is 0 Å². The predicted molar refractivity (Wildman–Crippen MR) is 98.1 cm³/mol. The van der Waals surface area contributed by atoms with Gasteiger partial charge >= 0.3 is 0 Å². The van der Waals surface area contributed by atoms with Crippen LogP contribution in [-0.4, -0.2) is 29.7 Å². The van der Waals surface area contributed by atoms with E-state index in [0.717, 1.165) is 30.6 Å². The molecule has 0 spiro atoms. The molecule has 1 aliphatic rings. The molecule has 0 radical (unpaired) electrons. The molecular weight excluding hydrogens is 326 g/mol. The van der Waals surface area contributed by atoms with E-state index in [2.05, 4.69) is 53.1 Å². The average molecular weight is 348 g/mol. The maximum atomic E-state index is 12.4. The second kappa shape index (κ2) is 7.47. The number of rotatable bonds is 4. The Morgan fingerprint density at radius 3 is 2.87 bits per heavy atom. The van der Waals surface area contributed by atoms with Gasteiger partial charge in [-0.05, 0) is 44.7 Å². The lowest BCUT2D eigenvalue weighted by Crippen LogP contribution is -2.40. The third-order valence-electron chi connectivity index (χ3n) is 4.11. The summed E-state index contributed by atoms with van der Waals surface area (Å²) in [6.45, 7) is 3.03. The molecule has 6 heteroatoms. The summed E-state index contributed by atoms with van der Waals surface area (Å²) in [6, 6.07) is 8.73. The number of thioether (sulfide) groups is 1. The minimum Gasteiger partial charge on any atom is -0.314 e. The Labute approximate surface area is 145 Å². The van der Waals surface area contributed by atoms with E-state index in [-0.39, 0.29) is 11.8 Å². The Balaban J connectivity index is 1.65. The fourth-order valence-electron chi connectivity index (χ4n) is 2.80. The van der Waals surface area contributed by atoms with Gasteiger partial charge in [-0.3, -0.25) is 4.79 Å². The standard InChI is InChI=1S/C17H21N3OS2/c1-11-9-13(7-8-18-11)16(21)20-17-19-15(10-23-17)12-3-5-14(22-2)6-4-12/h3-6,10-11,13,18H,7-9H2,1-2H3,(H,19,20,21)/t11-,13-/m0/s1. The van der Waals surface area contributed by atoms with Gasteiger partial charge in [-0.2, -0.15) is 0 Å². The molecule has 0 aliphatic carbocycles. The molecule has 0 unspecified atom stereocenters. The number of nitrogens with one attached hydrogen (secondary N) is 2. The van der Waals surface area contributed by atoms with Crippen LogP contribution in [0.1, 0.15) is 19.8 Å². The summed E-state index contributed by atoms with van der Waals surface area (Å²) >= 11 is 3.21. The van der Waals surface area contributed by atoms with Gasteiger partial charge in [0.1, 0.15) is 0 Å². The molecular formula is C17H21N3OS2. The molecule has 2 N–H and O–H groups in total. The van der Waals surface area contributed by atoms with Crippen molar-refractivity contribution in [3.05, 3.63) is 29.6 Å². The van der Waals surface area contributed by atoms with E-state index in [9.17, 15) is 4.79 Å². The Morgan fingerprint density at radius 1 is 1.39 bits per heavy atom. The third-order valence-corrected chi connectivity index (χ3v) is 5.62. The minimum absolute atomic E-state index is 0.0828. The summed E-state index contributed by atoms with van der Waals surface area (Å²) in [6.07, 6.45) is 3.85. The lowest BCUT2D eigenvalue weighted by Gasteiger charge is -2.26. The van der Waals surface area contributed by atoms with E-state index in [4.69, 9.17) is 0 Å². The van der Waals surface area contributed by atoms with Crippen LogP contribution in [0.4, 0.5) is 5.13 Å². The SMILES string of the molecule is CSc1ccc(-c2csc(NC(=O)[C@H]3CCN[C@@H](C)C3)n2)cc1. The van der Waals surface area contributed by atoms with Crippen LogP contribution >= 0.6 is 23.1 Å². The maximum Gasteiger partial charge on any atom is 0.229 e. The van der Waals surface area contributed by atoms with Crippen LogP contribution in [0.5, 0.6) is 0 Å². The van der Waals surface area contributed by atoms with Crippen LogP contribution < -0.4 is 10.6 Å². The Morgan fingerprint density at radius 2 is 2.17 bits per heavy atom. The van der Waals surface area contributed by atoms with E-state index in [0.29, 0.717) is 11.2 Å². The minimum atomic E-state index is 0.0828. The molecule has 1 aliphatic heterocycles. The fourth-order valence-corrected chi connectivity index (χ4v) is 3.93. The van der Waals surface area contributed by atoms with E-state index < -0.39 is 0 Å². The average Bonchev–Trinajstić information content (AvgIpc) is 3.03. The van der Waals surface area contributed by atoms with Gasteiger partial charge in [0.05, 0.1) is 5.69 Å². The molecule has 0 bridgehead atoms. The largest absolute Gasteiger partial charge is 0.314 e. The number of piperidine rings is 1. The second-order valence-corrected chi connectivity index (χ2v) is 7.57. The maximum absolute atomic E-state index is 12.4. The number of nitrogens with zero attached hydrogens (tertiary/aromatic N) is 1. The summed E-state index contributed by atoms with van der Waals surface area (Å²) in [4.78, 5) is 18.2. The molecule has 2 heterocycles. The topological polar surface area (TPSA) is 54.0 Å². The quantitative estimate of drug-likeness (QED) is 0.825. The van der Waals surface area contributed by atoms with Crippen molar-refractivity contribution in [3.8, 4) is 11.3 Å². The zero-order valence-electron chi connectivity index (χ0n) is 13.3. The highest BCUT2D eigenvalue weighted by molar-refractivity contribution is 7.98. The molecule has 4 nitrogen and oxygen atoms in total. The first-order chi connectivity index (χ1) is 11.2. The first-order valence-corrected chi connectivity index (χ1v) is 9.90. The van der Waals surface area contributed by atoms with E-state index in [1.807, 2.05) is 5.38 Å². The van der Waals surface area contributed by atoms with Crippen LogP contribution in [0.3, 0.4) is 0 Å². The number of carbonyl (C=O) groups is 1. The summed E-state index contributed by atoms with van der Waals surface area (Å²) in [5, 5.41) is 9.03. The number of anilines is 1. The Hall–Kier alpha value is -1.37. The van der Waals surface area contributed by atoms with Gasteiger partial charge in [0.2, 0.25) is 5.91 Å². The van der Waals surface area contributed by atoms with Crippen molar-refractivity contribution < 1.29 is 4.79 Å². The molecule has 2 aromatic rings. The van der Waals surface area contributed by atoms with Crippen LogP contribution in [0, 0.1) is 5.92 Å². The summed E-state index contributed by atoms with van der Waals surface area (Å²) < 4.78 is 0. The molecule has 1 saturated heterocycles. The van der Waals surface area contributed by atoms with Crippen molar-refractivity contribution in [2.24, 2.45) is 5.92 Å². The van der Waals surface area contributed by atoms with Gasteiger partial charge in [0.15, 0.2) is 5.13 Å². The van der Waals surface area contributed by atoms with Gasteiger partial charge in [0, 0.05) is 27.8 Å². The van der Waals surface area contributed by atoms with Gasteiger partial charge < -0.3 is 10.6 Å². The van der Waals surface area contributed by atoms with E-state index in [1.54, 1.807) is 11.8 Å². The fraction of sp³-hybridized carbons (Fsp3) is 0.412. The van der Waals surface area contributed by atoms with Gasteiger partial charge in [-0.25, -0.2) is 4.98 Å². The first kappa shape index (κ1) is 16.5. The van der Waals surface area contributed by atoms with Crippen LogP contribution in [-0.2, 0) is 4.79 Å². The molecule has 1 aromatic heterocycles. The lowest BCUT2D eigenvalue weighted by atomic mass is 9.92. The molecule has 0 saturated carbocycles. The zero-order valence-corrected chi connectivity index (χ0v) is 15.0. The highest BCUT2D eigenvalue weighted by atomic mass is 32.2. The van der Waals surface area contributed by atoms with E-state index in [1.165, 1.54) is 16.2 Å². The number of amides is 1. The molecule has 1 amide bonds. The van der Waals surface area contributed by atoms with Crippen molar-refractivity contribution in [2.45, 2.75) is 30.7 Å². The van der Waals surface area contributed by atoms with Crippen molar-refractivity contribution in [2.75, 3.05) is 18.1 Å². The summed E-state index contributed by atoms with van der Waals surface area (Å²) in [7, 11) is 0. The third kappa shape index (κ3) is 4.13. The number of carbonyl (C=O) groups excluding carboxylic acids is 1. The smallest absolute Gasteiger partial charge is 0.229 e. The van der Waals surface area contributed by atoms with Gasteiger partial charge in [-0.15, -0.1) is 23.1 Å². The van der Waals surface area contributed by atoms with Crippen molar-refractivity contribution in [3.63, 3.8) is 0 Å². The highest BCUT2D eigenvalue weighted by Gasteiger charge is 2.25. The second-order valence-electron chi connectivity index (χ2n) is 5.83. The molecule has 3 rings (SSSR count). The first-order valence-electron chi connectivity index (χ1n) is 7.80. The molecule has 1 aromatic carbocycles. The highest BCUT2D eigenvalue weighted by Crippen LogP contribution is 2.27. The normalized spacial score (nSPS) is 21.1. The number of hydrogen-bond acceptors (Lipinski definition) is 5. The molecule has 122 valence electrons. The van der Waals surface area contributed by atoms with Crippen LogP contribution in [0.15, 0.2) is 34.5 Å². The molecule has 2 atom stereocenters. The van der Waals surface area contributed by atoms with Gasteiger partial charge in [-0.1, -0.05) is 12.1 Å². The lowest BCUT2D eigenvalue weighted by molar-refractivity contribution is -0.120. The number of benzene rings is 1. The molecule has 23 heavy (non-hydrogen) atoms. The zero-order chi connectivity index (χ0) is 16.2. The monoisotopic (exact) mass is 347 g/mol. The van der Waals surface area contributed by atoms with Crippen LogP contribution in [0.2, 0.25) is 0 Å². The van der Waals surface area contributed by atoms with Crippen LogP contribution in [0.25, 0.3) is 11.3 Å². The molecule has 1 fully saturated rings. The number of hydrogen-bond donors (Lipinski definition) is 2. The van der Waals surface area contributed by atoms with Crippen molar-refractivity contribution in [1.29, 1.82) is 0 Å².